The van der Waals surface area contributed by atoms with Gasteiger partial charge < -0.3 is 28.9 Å². The lowest BCUT2D eigenvalue weighted by Gasteiger charge is -2.47. The summed E-state index contributed by atoms with van der Waals surface area (Å²) in [5.74, 6) is -1.35. The summed E-state index contributed by atoms with van der Waals surface area (Å²) in [6.45, 7) is 16.7. The van der Waals surface area contributed by atoms with Crippen LogP contribution >= 0.6 is 12.2 Å². The molecule has 3 amide bonds. The Bertz CT molecular complexity index is 1950. The van der Waals surface area contributed by atoms with E-state index in [0.717, 1.165) is 0 Å². The zero-order chi connectivity index (χ0) is 44.8. The van der Waals surface area contributed by atoms with Crippen molar-refractivity contribution in [2.45, 2.75) is 90.6 Å². The van der Waals surface area contributed by atoms with E-state index in [1.807, 2.05) is 18.7 Å². The van der Waals surface area contributed by atoms with E-state index >= 15 is 0 Å². The number of β-lactam (4-membered cyclic amide) rings is 1. The van der Waals surface area contributed by atoms with Crippen molar-refractivity contribution in [3.8, 4) is 0 Å². The number of rotatable bonds is 16. The van der Waals surface area contributed by atoms with E-state index < -0.39 is 42.4 Å². The summed E-state index contributed by atoms with van der Waals surface area (Å²) in [5, 5.41) is 25.0. The number of nitro groups is 2. The number of likely N-dealkylation sites (tertiary alicyclic amines) is 1. The highest BCUT2D eigenvalue weighted by Gasteiger charge is 2.52. The van der Waals surface area contributed by atoms with Gasteiger partial charge in [-0.15, -0.1) is 0 Å². The fourth-order valence-electron chi connectivity index (χ4n) is 7.60. The Labute approximate surface area is 361 Å². The van der Waals surface area contributed by atoms with E-state index in [9.17, 15) is 39.4 Å². The van der Waals surface area contributed by atoms with Crippen molar-refractivity contribution in [2.24, 2.45) is 17.8 Å². The molecular weight excluding hydrogens is 829 g/mol. The Kier molecular flexibility index (Phi) is 15.2. The average Bonchev–Trinajstić information content (AvgIpc) is 3.66. The van der Waals surface area contributed by atoms with Gasteiger partial charge in [-0.3, -0.25) is 39.6 Å². The second-order valence-electron chi connectivity index (χ2n) is 17.4. The van der Waals surface area contributed by atoms with E-state index in [1.165, 1.54) is 53.4 Å². The lowest BCUT2D eigenvalue weighted by molar-refractivity contribution is -0.385. The van der Waals surface area contributed by atoms with Crippen LogP contribution in [0.3, 0.4) is 0 Å². The van der Waals surface area contributed by atoms with Crippen LogP contribution in [0.15, 0.2) is 48.5 Å². The van der Waals surface area contributed by atoms with Crippen LogP contribution in [0.25, 0.3) is 0 Å². The summed E-state index contributed by atoms with van der Waals surface area (Å²) in [6.07, 6.45) is -1.65. The Hall–Kier alpha value is -5.05. The molecule has 3 fully saturated rings. The molecule has 0 unspecified atom stereocenters. The molecule has 3 aliphatic rings. The molecule has 5 rings (SSSR count). The number of non-ortho nitro benzene ring substituents is 2. The number of nitro benzene ring substituents is 2. The highest BCUT2D eigenvalue weighted by molar-refractivity contribution is 7.80. The summed E-state index contributed by atoms with van der Waals surface area (Å²) < 4.78 is 22.6. The number of carbonyl (C=O) groups is 4. The molecule has 3 saturated heterocycles. The van der Waals surface area contributed by atoms with Gasteiger partial charge >= 0.3 is 12.2 Å². The van der Waals surface area contributed by atoms with E-state index in [4.69, 9.17) is 30.9 Å². The second-order valence-corrected chi connectivity index (χ2v) is 22.6. The molecule has 0 radical (unpaired) electrons. The number of nitrogens with one attached hydrogen (secondary N) is 1. The van der Waals surface area contributed by atoms with Gasteiger partial charge in [0, 0.05) is 86.3 Å². The molecule has 0 bridgehead atoms. The largest absolute Gasteiger partial charge is 0.508 e. The molecule has 61 heavy (non-hydrogen) atoms. The van der Waals surface area contributed by atoms with Crippen LogP contribution in [0, 0.1) is 38.0 Å². The maximum Gasteiger partial charge on any atom is 0.508 e. The number of thiocarbonyl (C=S) groups is 1. The minimum Gasteiger partial charge on any atom is -0.445 e. The number of amides is 3. The molecule has 6 atom stereocenters. The van der Waals surface area contributed by atoms with Gasteiger partial charge in [0.05, 0.1) is 21.9 Å². The van der Waals surface area contributed by atoms with Gasteiger partial charge in [0.25, 0.3) is 11.4 Å². The van der Waals surface area contributed by atoms with Crippen LogP contribution in [0.2, 0.25) is 18.1 Å². The molecule has 0 saturated carbocycles. The van der Waals surface area contributed by atoms with E-state index in [0.29, 0.717) is 48.7 Å². The van der Waals surface area contributed by atoms with Crippen molar-refractivity contribution < 1.29 is 47.7 Å². The summed E-state index contributed by atoms with van der Waals surface area (Å²) in [7, 11) is -2.18. The minimum absolute atomic E-state index is 0.0435. The summed E-state index contributed by atoms with van der Waals surface area (Å²) in [4.78, 5) is 79.9. The Morgan fingerprint density at radius 2 is 1.43 bits per heavy atom. The third kappa shape index (κ3) is 11.7. The quantitative estimate of drug-likeness (QED) is 0.0523. The van der Waals surface area contributed by atoms with Crippen molar-refractivity contribution >= 4 is 60.8 Å². The molecule has 1 N–H and O–H groups in total. The first-order valence-corrected chi connectivity index (χ1v) is 23.7. The average molecular weight is 885 g/mol. The topological polar surface area (TPSA) is 213 Å². The van der Waals surface area contributed by atoms with Crippen LogP contribution in [-0.4, -0.2) is 126 Å². The molecule has 2 aromatic rings. The molecule has 18 nitrogen and oxygen atoms in total. The van der Waals surface area contributed by atoms with Gasteiger partial charge in [0.2, 0.25) is 11.8 Å². The predicted molar refractivity (Wildman–Crippen MR) is 229 cm³/mol. The monoisotopic (exact) mass is 884 g/mol. The standard InChI is InChI=1S/C41H56N6O12SSi/c1-26(35-34(37(48)42-35)27(2)59-61(6,7)41(3,4)5)36(60)30-22-33(45(23-30)39(50)57-24-28-8-12-31(13-9-28)46(52)53)38(49)44-18-16-43(17-19-44)20-21-56-40(51)58-25-29-10-14-32(15-11-29)47(54)55/h8-15,26-27,30,33-35H,16-25H2,1-7H3,(H,42,48)/t26-,27-,30+,33+,34-,35-/m1/s1. The van der Waals surface area contributed by atoms with Gasteiger partial charge in [-0.1, -0.05) is 39.9 Å². The first kappa shape index (κ1) is 47.0. The number of hydrogen-bond donors (Lipinski definition) is 1. The maximum atomic E-state index is 14.2. The van der Waals surface area contributed by atoms with E-state index in [-0.39, 0.29) is 85.0 Å². The third-order valence-corrected chi connectivity index (χ3v) is 17.6. The van der Waals surface area contributed by atoms with Crippen LogP contribution in [0.4, 0.5) is 21.0 Å². The van der Waals surface area contributed by atoms with Crippen LogP contribution in [0.5, 0.6) is 0 Å². The normalized spacial score (nSPS) is 21.7. The lowest BCUT2D eigenvalue weighted by atomic mass is 9.75. The van der Waals surface area contributed by atoms with Crippen LogP contribution < -0.4 is 5.32 Å². The molecule has 0 aromatic heterocycles. The van der Waals surface area contributed by atoms with Crippen molar-refractivity contribution in [1.29, 1.82) is 0 Å². The number of benzene rings is 2. The van der Waals surface area contributed by atoms with Crippen molar-refractivity contribution in [3.63, 3.8) is 0 Å². The second kappa shape index (κ2) is 19.8. The highest BCUT2D eigenvalue weighted by atomic mass is 32.1. The Morgan fingerprint density at radius 3 is 1.93 bits per heavy atom. The minimum atomic E-state index is -2.18. The molecule has 20 heteroatoms. The van der Waals surface area contributed by atoms with Crippen LogP contribution in [0.1, 0.15) is 52.2 Å². The number of carbonyl (C=O) groups excluding carboxylic acids is 4. The van der Waals surface area contributed by atoms with Crippen molar-refractivity contribution in [1.82, 2.24) is 20.0 Å². The molecule has 0 aliphatic carbocycles. The maximum absolute atomic E-state index is 14.2. The summed E-state index contributed by atoms with van der Waals surface area (Å²) in [6, 6.07) is 10.2. The predicted octanol–water partition coefficient (Wildman–Crippen LogP) is 5.86. The zero-order valence-corrected chi connectivity index (χ0v) is 37.5. The van der Waals surface area contributed by atoms with Gasteiger partial charge in [0.1, 0.15) is 25.9 Å². The molecule has 3 aliphatic heterocycles. The smallest absolute Gasteiger partial charge is 0.445 e. The summed E-state index contributed by atoms with van der Waals surface area (Å²) in [5.41, 5.74) is 0.950. The first-order chi connectivity index (χ1) is 28.7. The fraction of sp³-hybridized carbons (Fsp3) is 0.585. The van der Waals surface area contributed by atoms with Crippen LogP contribution in [-0.2, 0) is 41.4 Å². The lowest BCUT2D eigenvalue weighted by Crippen LogP contribution is -2.67. The highest BCUT2D eigenvalue weighted by Crippen LogP contribution is 2.40. The van der Waals surface area contributed by atoms with Crippen molar-refractivity contribution in [3.05, 3.63) is 79.9 Å². The number of piperazine rings is 1. The molecular formula is C41H56N6O12SSi. The fourth-order valence-corrected chi connectivity index (χ4v) is 9.35. The van der Waals surface area contributed by atoms with Gasteiger partial charge in [-0.25, -0.2) is 9.59 Å². The number of nitrogens with zero attached hydrogens (tertiary/aromatic N) is 5. The van der Waals surface area contributed by atoms with Gasteiger partial charge in [-0.05, 0) is 66.9 Å². The zero-order valence-electron chi connectivity index (χ0n) is 35.7. The number of hydrogen-bond acceptors (Lipinski definition) is 14. The van der Waals surface area contributed by atoms with Gasteiger partial charge in [-0.2, -0.15) is 0 Å². The Morgan fingerprint density at radius 1 is 0.885 bits per heavy atom. The summed E-state index contributed by atoms with van der Waals surface area (Å²) >= 11 is 6.08. The number of ether oxygens (including phenoxy) is 3. The third-order valence-electron chi connectivity index (χ3n) is 12.3. The van der Waals surface area contributed by atoms with Crippen molar-refractivity contribution in [2.75, 3.05) is 45.9 Å². The van der Waals surface area contributed by atoms with E-state index in [2.05, 4.69) is 39.2 Å². The Balaban J connectivity index is 1.18. The molecule has 2 aromatic carbocycles. The molecule has 332 valence electrons. The van der Waals surface area contributed by atoms with Gasteiger partial charge in [0.15, 0.2) is 8.32 Å². The molecule has 3 heterocycles. The SMILES string of the molecule is C[C@@H](O[Si](C)(C)C(C)(C)C)[C@H]1C(=O)N[C@@H]1[C@@H](C)C(=S)[C@H]1C[C@@H](C(=O)N2CCN(CCOC(=O)OCc3ccc([N+](=O)[O-])cc3)CC2)N(C(=O)OCc2ccc([N+](=O)[O-])cc2)C1. The first-order valence-electron chi connectivity index (χ1n) is 20.4. The molecule has 0 spiro atoms. The van der Waals surface area contributed by atoms with E-state index in [1.54, 1.807) is 4.90 Å².